The fourth-order valence-corrected chi connectivity index (χ4v) is 7.05. The van der Waals surface area contributed by atoms with Crippen LogP contribution in [0.1, 0.15) is 72.2 Å². The van der Waals surface area contributed by atoms with Crippen molar-refractivity contribution in [2.75, 3.05) is 38.1 Å². The molecule has 2 amide bonds. The lowest BCUT2D eigenvalue weighted by molar-refractivity contribution is -0.0149. The fraction of sp³-hybridized carbons (Fsp3) is 0.500. The van der Waals surface area contributed by atoms with Crippen LogP contribution in [-0.4, -0.2) is 91.9 Å². The van der Waals surface area contributed by atoms with Crippen molar-refractivity contribution < 1.29 is 37.1 Å². The number of likely N-dealkylation sites (N-methyl/N-ethyl adjacent to an activating group) is 1. The van der Waals surface area contributed by atoms with E-state index >= 15 is 0 Å². The third-order valence-corrected chi connectivity index (χ3v) is 9.99. The molecule has 1 aliphatic heterocycles. The molecule has 0 spiro atoms. The van der Waals surface area contributed by atoms with Gasteiger partial charge in [0.1, 0.15) is 11.4 Å². The highest BCUT2D eigenvalue weighted by atomic mass is 32.2. The van der Waals surface area contributed by atoms with E-state index in [2.05, 4.69) is 9.88 Å². The van der Waals surface area contributed by atoms with Crippen LogP contribution in [0.15, 0.2) is 57.9 Å². The molecule has 2 aromatic carbocycles. The zero-order valence-corrected chi connectivity index (χ0v) is 28.7. The van der Waals surface area contributed by atoms with Gasteiger partial charge >= 0.3 is 0 Å². The monoisotopic (exact) mass is 670 g/mol. The summed E-state index contributed by atoms with van der Waals surface area (Å²) in [5, 5.41) is 14.0. The van der Waals surface area contributed by atoms with E-state index in [0.717, 1.165) is 12.8 Å². The molecular weight excluding hydrogens is 624 g/mol. The minimum Gasteiger partial charge on any atom is -0.490 e. The Hall–Kier alpha value is -3.94. The van der Waals surface area contributed by atoms with Gasteiger partial charge in [-0.1, -0.05) is 30.3 Å². The summed E-state index contributed by atoms with van der Waals surface area (Å²) >= 11 is 0. The highest BCUT2D eigenvalue weighted by molar-refractivity contribution is 7.92. The number of hydrogen-bond acceptors (Lipinski definition) is 9. The van der Waals surface area contributed by atoms with Gasteiger partial charge in [-0.15, -0.1) is 0 Å². The van der Waals surface area contributed by atoms with Crippen LogP contribution in [0.2, 0.25) is 0 Å². The summed E-state index contributed by atoms with van der Waals surface area (Å²) in [6.45, 7) is 9.32. The second-order valence-corrected chi connectivity index (χ2v) is 13.9. The van der Waals surface area contributed by atoms with E-state index in [4.69, 9.17) is 14.0 Å². The molecule has 12 nitrogen and oxygen atoms in total. The average molecular weight is 671 g/mol. The van der Waals surface area contributed by atoms with Gasteiger partial charge in [0.2, 0.25) is 0 Å². The molecule has 2 heterocycles. The third-order valence-electron chi connectivity index (χ3n) is 8.36. The summed E-state index contributed by atoms with van der Waals surface area (Å²) in [5.74, 6) is -0.367. The average Bonchev–Trinajstić information content (AvgIpc) is 3.40. The van der Waals surface area contributed by atoms with Gasteiger partial charge in [0, 0.05) is 43.9 Å². The van der Waals surface area contributed by atoms with Crippen molar-refractivity contribution >= 4 is 27.5 Å². The van der Waals surface area contributed by atoms with Gasteiger partial charge in [-0.25, -0.2) is 8.42 Å². The minimum absolute atomic E-state index is 0.0695. The molecule has 0 aliphatic carbocycles. The molecule has 1 aromatic heterocycles. The molecule has 0 saturated carbocycles. The van der Waals surface area contributed by atoms with Crippen LogP contribution in [0.5, 0.6) is 5.75 Å². The molecule has 47 heavy (non-hydrogen) atoms. The summed E-state index contributed by atoms with van der Waals surface area (Å²) in [5.41, 5.74) is 1.09. The molecule has 4 atom stereocenters. The second-order valence-electron chi connectivity index (χ2n) is 12.3. The molecule has 0 saturated heterocycles. The van der Waals surface area contributed by atoms with Crippen molar-refractivity contribution in [3.05, 3.63) is 71.1 Å². The van der Waals surface area contributed by atoms with E-state index in [-0.39, 0.29) is 58.7 Å². The Balaban J connectivity index is 1.67. The Bertz CT molecular complexity index is 1610. The molecule has 13 heteroatoms. The number of sulfonamides is 1. The van der Waals surface area contributed by atoms with Crippen LogP contribution < -0.4 is 9.46 Å². The molecule has 3 aromatic rings. The van der Waals surface area contributed by atoms with Gasteiger partial charge in [0.05, 0.1) is 30.4 Å². The number of anilines is 1. The van der Waals surface area contributed by atoms with E-state index in [0.29, 0.717) is 30.9 Å². The van der Waals surface area contributed by atoms with Crippen molar-refractivity contribution in [2.24, 2.45) is 5.92 Å². The first kappa shape index (κ1) is 35.9. The molecule has 0 unspecified atom stereocenters. The molecular formula is C34H46N4O8S. The summed E-state index contributed by atoms with van der Waals surface area (Å²) in [6.07, 6.45) is 1.63. The van der Waals surface area contributed by atoms with Crippen molar-refractivity contribution in [3.8, 4) is 5.75 Å². The van der Waals surface area contributed by atoms with Crippen molar-refractivity contribution in [2.45, 2.75) is 77.0 Å². The molecule has 256 valence electrons. The van der Waals surface area contributed by atoms with E-state index in [1.807, 2.05) is 32.0 Å². The van der Waals surface area contributed by atoms with Crippen molar-refractivity contribution in [1.82, 2.24) is 15.0 Å². The number of carbonyl (C=O) groups is 2. The number of hydrogen-bond donors (Lipinski definition) is 2. The van der Waals surface area contributed by atoms with Crippen LogP contribution in [0, 0.1) is 19.8 Å². The predicted molar refractivity (Wildman–Crippen MR) is 177 cm³/mol. The van der Waals surface area contributed by atoms with Crippen LogP contribution >= 0.6 is 0 Å². The van der Waals surface area contributed by atoms with Gasteiger partial charge in [-0.3, -0.25) is 14.3 Å². The zero-order valence-electron chi connectivity index (χ0n) is 27.9. The summed E-state index contributed by atoms with van der Waals surface area (Å²) in [7, 11) is -2.35. The number of benzene rings is 2. The lowest BCUT2D eigenvalue weighted by atomic mass is 10.0. The van der Waals surface area contributed by atoms with E-state index in [1.54, 1.807) is 48.0 Å². The van der Waals surface area contributed by atoms with Crippen molar-refractivity contribution in [1.29, 1.82) is 0 Å². The van der Waals surface area contributed by atoms with Gasteiger partial charge in [-0.2, -0.15) is 0 Å². The molecule has 2 N–H and O–H groups in total. The number of aliphatic hydroxyl groups excluding tert-OH is 1. The SMILES string of the molecule is Cc1noc(C)c1S(=O)(=O)Nc1ccc2c(c1)C(=O)N([C@H](C)CO)C[C@H](C)[C@@H](CN(C)C(=O)c1ccccc1)OCCCC[C@@H](C)O2. The fourth-order valence-electron chi connectivity index (χ4n) is 5.67. The first-order valence-corrected chi connectivity index (χ1v) is 17.4. The minimum atomic E-state index is -4.09. The molecule has 1 aliphatic rings. The maximum absolute atomic E-state index is 14.4. The summed E-state index contributed by atoms with van der Waals surface area (Å²) < 4.78 is 46.8. The number of aryl methyl sites for hydroxylation is 2. The predicted octanol–water partition coefficient (Wildman–Crippen LogP) is 4.66. The van der Waals surface area contributed by atoms with Gasteiger partial charge in [-0.05, 0) is 77.3 Å². The number of nitrogens with one attached hydrogen (secondary N) is 1. The number of aliphatic hydroxyl groups is 1. The number of ether oxygens (including phenoxy) is 2. The number of rotatable bonds is 8. The lowest BCUT2D eigenvalue weighted by Gasteiger charge is -2.36. The number of nitrogens with zero attached hydrogens (tertiary/aromatic N) is 3. The van der Waals surface area contributed by atoms with Crippen LogP contribution in [0.4, 0.5) is 5.69 Å². The zero-order chi connectivity index (χ0) is 34.3. The Morgan fingerprint density at radius 2 is 1.87 bits per heavy atom. The van der Waals surface area contributed by atoms with Gasteiger partial charge in [0.15, 0.2) is 10.7 Å². The molecule has 0 fully saturated rings. The Kier molecular flexibility index (Phi) is 12.0. The number of fused-ring (bicyclic) bond motifs is 1. The molecule has 0 radical (unpaired) electrons. The Morgan fingerprint density at radius 1 is 1.15 bits per heavy atom. The smallest absolute Gasteiger partial charge is 0.267 e. The standard InChI is InChI=1S/C34H46N4O8S/c1-22-19-38(23(2)21-39)34(41)29-18-28(36-47(42,43)32-25(4)35-46-26(32)5)15-16-30(29)45-24(3)12-10-11-17-44-31(22)20-37(6)33(40)27-13-8-7-9-14-27/h7-9,13-16,18,22-24,31,36,39H,10-12,17,19-21H2,1-6H3/t22-,23+,24+,31+/m0/s1. The van der Waals surface area contributed by atoms with Gasteiger partial charge < -0.3 is 28.9 Å². The number of amides is 2. The lowest BCUT2D eigenvalue weighted by Crippen LogP contribution is -2.48. The third kappa shape index (κ3) is 8.91. The molecule has 0 bridgehead atoms. The van der Waals surface area contributed by atoms with E-state index < -0.39 is 28.1 Å². The number of carbonyl (C=O) groups excluding carboxylic acids is 2. The van der Waals surface area contributed by atoms with Crippen LogP contribution in [0.25, 0.3) is 0 Å². The first-order valence-electron chi connectivity index (χ1n) is 15.9. The topological polar surface area (TPSA) is 152 Å². The van der Waals surface area contributed by atoms with Crippen molar-refractivity contribution in [3.63, 3.8) is 0 Å². The largest absolute Gasteiger partial charge is 0.490 e. The first-order chi connectivity index (χ1) is 22.3. The van der Waals surface area contributed by atoms with E-state index in [9.17, 15) is 23.1 Å². The highest BCUT2D eigenvalue weighted by Gasteiger charge is 2.32. The van der Waals surface area contributed by atoms with Crippen LogP contribution in [-0.2, 0) is 14.8 Å². The quantitative estimate of drug-likeness (QED) is 0.349. The summed E-state index contributed by atoms with van der Waals surface area (Å²) in [6, 6.07) is 13.0. The normalized spacial score (nSPS) is 20.4. The Morgan fingerprint density at radius 3 is 2.53 bits per heavy atom. The highest BCUT2D eigenvalue weighted by Crippen LogP contribution is 2.30. The maximum atomic E-state index is 14.4. The Labute approximate surface area is 277 Å². The van der Waals surface area contributed by atoms with Crippen LogP contribution in [0.3, 0.4) is 0 Å². The number of aromatic nitrogens is 1. The summed E-state index contributed by atoms with van der Waals surface area (Å²) in [4.78, 5) is 30.6. The molecule has 4 rings (SSSR count). The second kappa shape index (κ2) is 15.8. The van der Waals surface area contributed by atoms with E-state index in [1.165, 1.54) is 19.9 Å². The van der Waals surface area contributed by atoms with Gasteiger partial charge in [0.25, 0.3) is 21.8 Å². The maximum Gasteiger partial charge on any atom is 0.267 e.